The van der Waals surface area contributed by atoms with E-state index in [0.29, 0.717) is 0 Å². The Balaban J connectivity index is 1.67. The molecule has 5 heteroatoms. The van der Waals surface area contributed by atoms with E-state index in [1.807, 2.05) is 35.4 Å². The van der Waals surface area contributed by atoms with Crippen LogP contribution in [0.2, 0.25) is 0 Å². The number of imidazole rings is 1. The van der Waals surface area contributed by atoms with Crippen molar-refractivity contribution in [3.05, 3.63) is 30.5 Å². The van der Waals surface area contributed by atoms with Gasteiger partial charge < -0.3 is 9.30 Å². The third-order valence-corrected chi connectivity index (χ3v) is 4.86. The van der Waals surface area contributed by atoms with Crippen molar-refractivity contribution in [1.29, 1.82) is 0 Å². The number of benzene rings is 1. The molecule has 2 heterocycles. The molecule has 1 aliphatic carbocycles. The molecule has 0 N–H and O–H groups in total. The molecule has 0 unspecified atom stereocenters. The van der Waals surface area contributed by atoms with Crippen LogP contribution in [0.15, 0.2) is 30.5 Å². The van der Waals surface area contributed by atoms with Gasteiger partial charge in [-0.2, -0.15) is 0 Å². The second-order valence-corrected chi connectivity index (χ2v) is 6.32. The highest BCUT2D eigenvalue weighted by atomic mass is 16.5. The molecule has 0 radical (unpaired) electrons. The molecule has 1 aromatic heterocycles. The number of aryl methyl sites for hydroxylation is 1. The average Bonchev–Trinajstić information content (AvgIpc) is 2.97. The smallest absolute Gasteiger partial charge is 0.232 e. The van der Waals surface area contributed by atoms with E-state index in [-0.39, 0.29) is 11.8 Å². The minimum Gasteiger partial charge on any atom is -0.497 e. The highest BCUT2D eigenvalue weighted by Gasteiger charge is 2.33. The number of amides is 1. The van der Waals surface area contributed by atoms with E-state index in [1.54, 1.807) is 7.11 Å². The maximum Gasteiger partial charge on any atom is 0.232 e. The van der Waals surface area contributed by atoms with Gasteiger partial charge in [0, 0.05) is 30.8 Å². The summed E-state index contributed by atoms with van der Waals surface area (Å²) in [5.74, 6) is 2.07. The molecule has 0 saturated heterocycles. The van der Waals surface area contributed by atoms with Crippen molar-refractivity contribution < 1.29 is 9.53 Å². The lowest BCUT2D eigenvalue weighted by Gasteiger charge is -2.33. The van der Waals surface area contributed by atoms with Gasteiger partial charge in [-0.3, -0.25) is 9.69 Å². The maximum absolute atomic E-state index is 12.6. The topological polar surface area (TPSA) is 47.4 Å². The van der Waals surface area contributed by atoms with Crippen LogP contribution < -0.4 is 9.64 Å². The van der Waals surface area contributed by atoms with Crippen molar-refractivity contribution in [3.8, 4) is 17.0 Å². The molecule has 0 atom stereocenters. The molecule has 5 nitrogen and oxygen atoms in total. The molecule has 0 bridgehead atoms. The lowest BCUT2D eigenvalue weighted by Crippen LogP contribution is -2.43. The third-order valence-electron chi connectivity index (χ3n) is 4.86. The number of carbonyl (C=O) groups is 1. The zero-order valence-corrected chi connectivity index (χ0v) is 13.4. The van der Waals surface area contributed by atoms with E-state index >= 15 is 0 Å². The summed E-state index contributed by atoms with van der Waals surface area (Å²) < 4.78 is 7.40. The van der Waals surface area contributed by atoms with E-state index in [4.69, 9.17) is 9.72 Å². The van der Waals surface area contributed by atoms with Crippen molar-refractivity contribution in [2.75, 3.05) is 18.6 Å². The van der Waals surface area contributed by atoms with Crippen LogP contribution in [-0.2, 0) is 11.3 Å². The number of methoxy groups -OCH3 is 1. The fourth-order valence-electron chi connectivity index (χ4n) is 3.29. The summed E-state index contributed by atoms with van der Waals surface area (Å²) in [7, 11) is 1.66. The molecule has 120 valence electrons. The van der Waals surface area contributed by atoms with Gasteiger partial charge in [-0.25, -0.2) is 4.98 Å². The van der Waals surface area contributed by atoms with Crippen LogP contribution in [-0.4, -0.2) is 29.1 Å². The first-order chi connectivity index (χ1) is 11.3. The Kier molecular flexibility index (Phi) is 3.56. The predicted molar refractivity (Wildman–Crippen MR) is 88.5 cm³/mol. The van der Waals surface area contributed by atoms with Gasteiger partial charge in [-0.15, -0.1) is 0 Å². The van der Waals surface area contributed by atoms with Crippen LogP contribution >= 0.6 is 0 Å². The average molecular weight is 311 g/mol. The first-order valence-electron chi connectivity index (χ1n) is 8.29. The highest BCUT2D eigenvalue weighted by molar-refractivity contribution is 5.94. The molecule has 0 spiro atoms. The molecule has 1 aromatic carbocycles. The van der Waals surface area contributed by atoms with Crippen LogP contribution in [0.4, 0.5) is 5.95 Å². The minimum absolute atomic E-state index is 0.207. The van der Waals surface area contributed by atoms with Crippen molar-refractivity contribution in [3.63, 3.8) is 0 Å². The lowest BCUT2D eigenvalue weighted by molar-refractivity contribution is -0.124. The van der Waals surface area contributed by atoms with E-state index in [1.165, 1.54) is 6.42 Å². The van der Waals surface area contributed by atoms with Gasteiger partial charge in [0.2, 0.25) is 11.9 Å². The number of aromatic nitrogens is 2. The highest BCUT2D eigenvalue weighted by Crippen LogP contribution is 2.33. The molecule has 2 aromatic rings. The van der Waals surface area contributed by atoms with Crippen molar-refractivity contribution >= 4 is 11.9 Å². The summed E-state index contributed by atoms with van der Waals surface area (Å²) in [6, 6.07) is 7.89. The van der Waals surface area contributed by atoms with Crippen molar-refractivity contribution in [2.24, 2.45) is 5.92 Å². The predicted octanol–water partition coefficient (Wildman–Crippen LogP) is 3.10. The first kappa shape index (κ1) is 14.3. The molecule has 1 amide bonds. The van der Waals surface area contributed by atoms with Crippen LogP contribution in [0.25, 0.3) is 11.3 Å². The molecule has 4 rings (SSSR count). The SMILES string of the molecule is COc1cccc(-c2cn3c(n2)N(C(=O)C2CCC2)CCC3)c1. The fourth-order valence-corrected chi connectivity index (χ4v) is 3.29. The number of rotatable bonds is 3. The van der Waals surface area contributed by atoms with E-state index in [9.17, 15) is 4.79 Å². The number of ether oxygens (including phenoxy) is 1. The van der Waals surface area contributed by atoms with E-state index in [2.05, 4.69) is 4.57 Å². The van der Waals surface area contributed by atoms with Gasteiger partial charge in [0.1, 0.15) is 5.75 Å². The van der Waals surface area contributed by atoms with Gasteiger partial charge in [0.25, 0.3) is 0 Å². The Morgan fingerprint density at radius 3 is 2.87 bits per heavy atom. The summed E-state index contributed by atoms with van der Waals surface area (Å²) in [4.78, 5) is 19.3. The summed E-state index contributed by atoms with van der Waals surface area (Å²) in [6.45, 7) is 1.70. The van der Waals surface area contributed by atoms with Gasteiger partial charge in [0.15, 0.2) is 0 Å². The number of hydrogen-bond donors (Lipinski definition) is 0. The zero-order chi connectivity index (χ0) is 15.8. The minimum atomic E-state index is 0.207. The Labute approximate surface area is 135 Å². The van der Waals surface area contributed by atoms with Gasteiger partial charge >= 0.3 is 0 Å². The second kappa shape index (κ2) is 5.72. The zero-order valence-electron chi connectivity index (χ0n) is 13.4. The Bertz CT molecular complexity index is 734. The maximum atomic E-state index is 12.6. The van der Waals surface area contributed by atoms with Crippen LogP contribution in [0, 0.1) is 5.92 Å². The lowest BCUT2D eigenvalue weighted by atomic mass is 9.84. The van der Waals surface area contributed by atoms with Crippen LogP contribution in [0.1, 0.15) is 25.7 Å². The third kappa shape index (κ3) is 2.50. The Morgan fingerprint density at radius 1 is 1.26 bits per heavy atom. The first-order valence-corrected chi connectivity index (χ1v) is 8.29. The van der Waals surface area contributed by atoms with Crippen molar-refractivity contribution in [2.45, 2.75) is 32.2 Å². The second-order valence-electron chi connectivity index (χ2n) is 6.32. The number of nitrogens with zero attached hydrogens (tertiary/aromatic N) is 3. The standard InChI is InChI=1S/C18H21N3O2/c1-23-15-8-3-7-14(11-15)16-12-20-9-4-10-21(18(20)19-16)17(22)13-5-2-6-13/h3,7-8,11-13H,2,4-6,9-10H2,1H3. The molecule has 2 aliphatic rings. The molecular formula is C18H21N3O2. The monoisotopic (exact) mass is 311 g/mol. The van der Waals surface area contributed by atoms with Crippen LogP contribution in [0.3, 0.4) is 0 Å². The molecule has 1 aliphatic heterocycles. The van der Waals surface area contributed by atoms with Gasteiger partial charge in [-0.1, -0.05) is 18.6 Å². The molecule has 1 fully saturated rings. The normalized spacial score (nSPS) is 17.5. The van der Waals surface area contributed by atoms with Gasteiger partial charge in [0.05, 0.1) is 12.8 Å². The summed E-state index contributed by atoms with van der Waals surface area (Å²) in [6.07, 6.45) is 6.26. The fraction of sp³-hybridized carbons (Fsp3) is 0.444. The summed E-state index contributed by atoms with van der Waals surface area (Å²) >= 11 is 0. The number of carbonyl (C=O) groups excluding carboxylic acids is 1. The van der Waals surface area contributed by atoms with Gasteiger partial charge in [-0.05, 0) is 31.4 Å². The molecule has 23 heavy (non-hydrogen) atoms. The van der Waals surface area contributed by atoms with Crippen LogP contribution in [0.5, 0.6) is 5.75 Å². The summed E-state index contributed by atoms with van der Waals surface area (Å²) in [5.41, 5.74) is 1.91. The Hall–Kier alpha value is -2.30. The molecule has 1 saturated carbocycles. The Morgan fingerprint density at radius 2 is 2.13 bits per heavy atom. The quantitative estimate of drug-likeness (QED) is 0.875. The number of fused-ring (bicyclic) bond motifs is 1. The number of hydrogen-bond acceptors (Lipinski definition) is 3. The van der Waals surface area contributed by atoms with E-state index in [0.717, 1.165) is 55.3 Å². The molecular weight excluding hydrogens is 290 g/mol. The number of anilines is 1. The van der Waals surface area contributed by atoms with E-state index < -0.39 is 0 Å². The summed E-state index contributed by atoms with van der Waals surface area (Å²) in [5, 5.41) is 0. The van der Waals surface area contributed by atoms with Crippen molar-refractivity contribution in [1.82, 2.24) is 9.55 Å². The largest absolute Gasteiger partial charge is 0.497 e.